The third-order valence-electron chi connectivity index (χ3n) is 2.24. The van der Waals surface area contributed by atoms with E-state index in [1.54, 1.807) is 11.3 Å². The molecule has 0 atom stereocenters. The average molecular weight is 295 g/mol. The van der Waals surface area contributed by atoms with Gasteiger partial charge in [-0.3, -0.25) is 4.79 Å². The van der Waals surface area contributed by atoms with Crippen LogP contribution in [0.2, 0.25) is 0 Å². The molecule has 0 saturated heterocycles. The highest BCUT2D eigenvalue weighted by Gasteiger charge is 2.27. The Morgan fingerprint density at radius 1 is 1.42 bits per heavy atom. The Balaban J connectivity index is 1.96. The Labute approximate surface area is 113 Å². The first-order chi connectivity index (χ1) is 8.97. The van der Waals surface area contributed by atoms with Gasteiger partial charge in [0.25, 0.3) is 0 Å². The topological polar surface area (TPSA) is 38.3 Å². The summed E-state index contributed by atoms with van der Waals surface area (Å²) in [6.45, 7) is -1.30. The Morgan fingerprint density at radius 2 is 2.21 bits per heavy atom. The summed E-state index contributed by atoms with van der Waals surface area (Å²) in [5.41, 5.74) is 0. The number of hydrogen-bond donors (Lipinski definition) is 1. The van der Waals surface area contributed by atoms with Crippen LogP contribution < -0.4 is 5.32 Å². The van der Waals surface area contributed by atoms with Gasteiger partial charge in [-0.25, -0.2) is 0 Å². The summed E-state index contributed by atoms with van der Waals surface area (Å²) in [6.07, 6.45) is -2.37. The molecule has 0 fully saturated rings. The molecule has 0 radical (unpaired) electrons. The predicted octanol–water partition coefficient (Wildman–Crippen LogP) is 2.77. The maximum atomic E-state index is 11.7. The lowest BCUT2D eigenvalue weighted by atomic mass is 10.2. The molecule has 0 unspecified atom stereocenters. The minimum Gasteiger partial charge on any atom is -0.370 e. The van der Waals surface area contributed by atoms with E-state index in [0.29, 0.717) is 6.42 Å². The van der Waals surface area contributed by atoms with E-state index in [0.717, 1.165) is 12.8 Å². The van der Waals surface area contributed by atoms with Crippen LogP contribution in [0.1, 0.15) is 17.7 Å². The number of hydrogen-bond acceptors (Lipinski definition) is 3. The summed E-state index contributed by atoms with van der Waals surface area (Å²) in [6, 6.07) is 3.96. The van der Waals surface area contributed by atoms with E-state index in [9.17, 15) is 18.0 Å². The molecule has 1 aromatic heterocycles. The van der Waals surface area contributed by atoms with E-state index in [4.69, 9.17) is 0 Å². The second kappa shape index (κ2) is 8.16. The number of ether oxygens (including phenoxy) is 1. The van der Waals surface area contributed by atoms with Crippen LogP contribution in [0.3, 0.4) is 0 Å². The highest BCUT2D eigenvalue weighted by atomic mass is 32.1. The molecular weight excluding hydrogens is 279 g/mol. The van der Waals surface area contributed by atoms with E-state index in [1.807, 2.05) is 17.5 Å². The maximum Gasteiger partial charge on any atom is 0.411 e. The van der Waals surface area contributed by atoms with E-state index >= 15 is 0 Å². The third kappa shape index (κ3) is 8.61. The maximum absolute atomic E-state index is 11.7. The normalized spacial score (nSPS) is 11.5. The average Bonchev–Trinajstić information content (AvgIpc) is 2.80. The van der Waals surface area contributed by atoms with Gasteiger partial charge in [0, 0.05) is 17.8 Å². The lowest BCUT2D eigenvalue weighted by molar-refractivity contribution is -0.173. The van der Waals surface area contributed by atoms with Crippen LogP contribution >= 0.6 is 11.3 Å². The van der Waals surface area contributed by atoms with Crippen molar-refractivity contribution in [1.82, 2.24) is 5.32 Å². The zero-order chi connectivity index (χ0) is 14.1. The van der Waals surface area contributed by atoms with Crippen LogP contribution in [-0.2, 0) is 16.0 Å². The summed E-state index contributed by atoms with van der Waals surface area (Å²) in [4.78, 5) is 12.6. The highest BCUT2D eigenvalue weighted by Crippen LogP contribution is 2.14. The molecular formula is C12H16F3NO2S. The van der Waals surface area contributed by atoms with Crippen molar-refractivity contribution in [2.24, 2.45) is 0 Å². The lowest BCUT2D eigenvalue weighted by Gasteiger charge is -2.08. The molecule has 7 heteroatoms. The molecule has 0 aliphatic heterocycles. The minimum atomic E-state index is -4.31. The van der Waals surface area contributed by atoms with Gasteiger partial charge in [-0.1, -0.05) is 6.07 Å². The third-order valence-corrected chi connectivity index (χ3v) is 3.18. The molecule has 1 N–H and O–H groups in total. The zero-order valence-corrected chi connectivity index (χ0v) is 11.1. The molecule has 0 spiro atoms. The summed E-state index contributed by atoms with van der Waals surface area (Å²) < 4.78 is 39.6. The van der Waals surface area contributed by atoms with Crippen LogP contribution in [0.5, 0.6) is 0 Å². The molecule has 108 valence electrons. The molecule has 1 heterocycles. The van der Waals surface area contributed by atoms with E-state index in [-0.39, 0.29) is 19.1 Å². The standard InChI is InChI=1S/C12H16F3NO2S/c13-12(14,15)9-18-7-6-16-11(17)5-1-3-10-4-2-8-19-10/h2,4,8H,1,3,5-7,9H2,(H,16,17). The number of nitrogens with one attached hydrogen (secondary N) is 1. The predicted molar refractivity (Wildman–Crippen MR) is 67.1 cm³/mol. The highest BCUT2D eigenvalue weighted by molar-refractivity contribution is 7.09. The van der Waals surface area contributed by atoms with Crippen LogP contribution in [0.4, 0.5) is 13.2 Å². The Morgan fingerprint density at radius 3 is 2.84 bits per heavy atom. The summed E-state index contributed by atoms with van der Waals surface area (Å²) >= 11 is 1.64. The Kier molecular flexibility index (Phi) is 6.86. The van der Waals surface area contributed by atoms with E-state index in [2.05, 4.69) is 10.1 Å². The van der Waals surface area contributed by atoms with Gasteiger partial charge < -0.3 is 10.1 Å². The van der Waals surface area contributed by atoms with Gasteiger partial charge in [-0.05, 0) is 24.3 Å². The second-order valence-corrected chi connectivity index (χ2v) is 4.98. The molecule has 1 rings (SSSR count). The molecule has 0 aliphatic carbocycles. The molecule has 0 aliphatic rings. The fourth-order valence-electron chi connectivity index (χ4n) is 1.42. The zero-order valence-electron chi connectivity index (χ0n) is 10.3. The molecule has 1 aromatic rings. The van der Waals surface area contributed by atoms with Crippen molar-refractivity contribution < 1.29 is 22.7 Å². The van der Waals surface area contributed by atoms with Crippen molar-refractivity contribution in [3.05, 3.63) is 22.4 Å². The van der Waals surface area contributed by atoms with Crippen molar-refractivity contribution in [2.45, 2.75) is 25.4 Å². The van der Waals surface area contributed by atoms with Gasteiger partial charge in [0.05, 0.1) is 6.61 Å². The first-order valence-corrected chi connectivity index (χ1v) is 6.79. The number of carbonyl (C=O) groups is 1. The quantitative estimate of drug-likeness (QED) is 0.749. The van der Waals surface area contributed by atoms with Crippen molar-refractivity contribution >= 4 is 17.2 Å². The monoisotopic (exact) mass is 295 g/mol. The van der Waals surface area contributed by atoms with E-state index < -0.39 is 12.8 Å². The fraction of sp³-hybridized carbons (Fsp3) is 0.583. The molecule has 19 heavy (non-hydrogen) atoms. The molecule has 0 aromatic carbocycles. The van der Waals surface area contributed by atoms with Crippen LogP contribution in [0, 0.1) is 0 Å². The number of thiophene rings is 1. The van der Waals surface area contributed by atoms with Crippen LogP contribution in [0.25, 0.3) is 0 Å². The fourth-order valence-corrected chi connectivity index (χ4v) is 2.17. The van der Waals surface area contributed by atoms with Crippen molar-refractivity contribution in [3.8, 4) is 0 Å². The molecule has 0 saturated carbocycles. The number of aryl methyl sites for hydroxylation is 1. The van der Waals surface area contributed by atoms with Crippen molar-refractivity contribution in [3.63, 3.8) is 0 Å². The second-order valence-electron chi connectivity index (χ2n) is 3.95. The SMILES string of the molecule is O=C(CCCc1cccs1)NCCOCC(F)(F)F. The number of rotatable bonds is 8. The summed E-state index contributed by atoms with van der Waals surface area (Å²) in [7, 11) is 0. The summed E-state index contributed by atoms with van der Waals surface area (Å²) in [5, 5.41) is 4.50. The minimum absolute atomic E-state index is 0.105. The van der Waals surface area contributed by atoms with Crippen molar-refractivity contribution in [1.29, 1.82) is 0 Å². The molecule has 0 bridgehead atoms. The van der Waals surface area contributed by atoms with Crippen LogP contribution in [0.15, 0.2) is 17.5 Å². The van der Waals surface area contributed by atoms with Crippen LogP contribution in [-0.4, -0.2) is 31.8 Å². The van der Waals surface area contributed by atoms with Gasteiger partial charge in [-0.2, -0.15) is 13.2 Å². The number of carbonyl (C=O) groups excluding carboxylic acids is 1. The Bertz CT molecular complexity index is 366. The first kappa shape index (κ1) is 16.0. The Hall–Kier alpha value is -1.08. The summed E-state index contributed by atoms with van der Waals surface area (Å²) in [5.74, 6) is -0.160. The molecule has 1 amide bonds. The number of alkyl halides is 3. The van der Waals surface area contributed by atoms with Gasteiger partial charge in [0.1, 0.15) is 6.61 Å². The van der Waals surface area contributed by atoms with Gasteiger partial charge >= 0.3 is 6.18 Å². The first-order valence-electron chi connectivity index (χ1n) is 5.91. The lowest BCUT2D eigenvalue weighted by Crippen LogP contribution is -2.28. The van der Waals surface area contributed by atoms with E-state index in [1.165, 1.54) is 4.88 Å². The largest absolute Gasteiger partial charge is 0.411 e. The van der Waals surface area contributed by atoms with Gasteiger partial charge in [0.15, 0.2) is 0 Å². The van der Waals surface area contributed by atoms with Gasteiger partial charge in [-0.15, -0.1) is 11.3 Å². The van der Waals surface area contributed by atoms with Gasteiger partial charge in [0.2, 0.25) is 5.91 Å². The van der Waals surface area contributed by atoms with Crippen molar-refractivity contribution in [2.75, 3.05) is 19.8 Å². The smallest absolute Gasteiger partial charge is 0.370 e. The molecule has 3 nitrogen and oxygen atoms in total. The number of halogens is 3. The number of amides is 1.